The summed E-state index contributed by atoms with van der Waals surface area (Å²) < 4.78 is 0. The van der Waals surface area contributed by atoms with Gasteiger partial charge in [0.15, 0.2) is 0 Å². The number of aryl methyl sites for hydroxylation is 3. The Labute approximate surface area is 270 Å². The fourth-order valence-electron chi connectivity index (χ4n) is 5.94. The molecule has 1 aliphatic heterocycles. The third-order valence-electron chi connectivity index (χ3n) is 8.25. The van der Waals surface area contributed by atoms with Crippen molar-refractivity contribution in [3.63, 3.8) is 0 Å². The fourth-order valence-corrected chi connectivity index (χ4v) is 5.94. The number of anilines is 2. The van der Waals surface area contributed by atoms with Gasteiger partial charge in [0.25, 0.3) is 5.91 Å². The van der Waals surface area contributed by atoms with Gasteiger partial charge in [0, 0.05) is 25.6 Å². The number of hydrogen-bond acceptors (Lipinski definition) is 5. The summed E-state index contributed by atoms with van der Waals surface area (Å²) >= 11 is 0. The molecule has 1 unspecified atom stereocenters. The second-order valence-electron chi connectivity index (χ2n) is 13.1. The zero-order chi connectivity index (χ0) is 33.3. The highest BCUT2D eigenvalue weighted by molar-refractivity contribution is 5.96. The number of carbonyl (C=O) groups excluding carboxylic acids is 2. The van der Waals surface area contributed by atoms with Crippen molar-refractivity contribution in [3.8, 4) is 0 Å². The Hall–Kier alpha value is -4.10. The van der Waals surface area contributed by atoms with Crippen molar-refractivity contribution < 1.29 is 9.59 Å². The van der Waals surface area contributed by atoms with Crippen LogP contribution in [-0.2, 0) is 24.1 Å². The van der Waals surface area contributed by atoms with Gasteiger partial charge in [-0.3, -0.25) is 9.59 Å². The quantitative estimate of drug-likeness (QED) is 0.151. The van der Waals surface area contributed by atoms with Gasteiger partial charge in [-0.25, -0.2) is 5.84 Å². The number of nitrogens with two attached hydrogens (primary N) is 2. The van der Waals surface area contributed by atoms with Crippen LogP contribution < -0.4 is 16.6 Å². The molecule has 3 aromatic carbocycles. The summed E-state index contributed by atoms with van der Waals surface area (Å²) in [5.74, 6) is 5.63. The molecule has 3 aromatic rings. The Morgan fingerprint density at radius 1 is 1.07 bits per heavy atom. The maximum atomic E-state index is 13.5. The van der Waals surface area contributed by atoms with Gasteiger partial charge in [-0.2, -0.15) is 0 Å². The first-order valence-electron chi connectivity index (χ1n) is 16.1. The minimum atomic E-state index is -0.183. The summed E-state index contributed by atoms with van der Waals surface area (Å²) in [6, 6.07) is 19.8. The number of amides is 2. The van der Waals surface area contributed by atoms with Crippen LogP contribution in [0.2, 0.25) is 0 Å². The molecule has 0 aromatic heterocycles. The number of hydrogen-bond donors (Lipinski definition) is 2. The van der Waals surface area contributed by atoms with Gasteiger partial charge >= 0.3 is 0 Å². The van der Waals surface area contributed by atoms with Crippen LogP contribution in [-0.4, -0.2) is 41.8 Å². The van der Waals surface area contributed by atoms with Crippen LogP contribution in [0.5, 0.6) is 0 Å². The standard InChI is InChI=1S/C29H38N2O2.C9H15N3/c1-7-12-22-14-11-15-23-17-18-31(26(32)19-29(4,5)6)25(27(22)23)20-30(8-2)28(33)24-16-10-9-13-21(24)3;1-3-7-4-5-9(12(2)11)8(10)6-7/h8-11,13-16,25H,2,7,12,17-20H2,1,3-6H3;4-6H,3,10-11H2,1-2H3. The second kappa shape index (κ2) is 15.8. The normalized spacial score (nSPS) is 14.1. The minimum Gasteiger partial charge on any atom is -0.397 e. The van der Waals surface area contributed by atoms with Gasteiger partial charge in [0.1, 0.15) is 0 Å². The van der Waals surface area contributed by atoms with Gasteiger partial charge in [0.2, 0.25) is 5.91 Å². The lowest BCUT2D eigenvalue weighted by Gasteiger charge is -2.41. The lowest BCUT2D eigenvalue weighted by atomic mass is 9.85. The number of hydrazine groups is 1. The summed E-state index contributed by atoms with van der Waals surface area (Å²) in [5.41, 5.74) is 13.9. The Morgan fingerprint density at radius 3 is 2.36 bits per heavy atom. The van der Waals surface area contributed by atoms with Gasteiger partial charge < -0.3 is 20.5 Å². The third kappa shape index (κ3) is 9.21. The number of fused-ring (bicyclic) bond motifs is 1. The number of rotatable bonds is 9. The summed E-state index contributed by atoms with van der Waals surface area (Å²) in [6.45, 7) is 17.5. The highest BCUT2D eigenvalue weighted by Crippen LogP contribution is 2.36. The predicted molar refractivity (Wildman–Crippen MR) is 188 cm³/mol. The van der Waals surface area contributed by atoms with Crippen molar-refractivity contribution in [2.45, 2.75) is 79.7 Å². The van der Waals surface area contributed by atoms with Crippen LogP contribution in [0.1, 0.15) is 91.7 Å². The molecular weight excluding hydrogens is 558 g/mol. The van der Waals surface area contributed by atoms with E-state index in [4.69, 9.17) is 11.6 Å². The van der Waals surface area contributed by atoms with Crippen molar-refractivity contribution in [1.82, 2.24) is 9.80 Å². The zero-order valence-electron chi connectivity index (χ0n) is 28.4. The van der Waals surface area contributed by atoms with E-state index in [1.807, 2.05) is 54.3 Å². The average Bonchev–Trinajstić information content (AvgIpc) is 2.99. The van der Waals surface area contributed by atoms with Crippen molar-refractivity contribution in [1.29, 1.82) is 0 Å². The predicted octanol–water partition coefficient (Wildman–Crippen LogP) is 7.24. The smallest absolute Gasteiger partial charge is 0.258 e. The molecule has 1 atom stereocenters. The molecule has 2 amide bonds. The van der Waals surface area contributed by atoms with Crippen LogP contribution >= 0.6 is 0 Å². The summed E-state index contributed by atoms with van der Waals surface area (Å²) in [7, 11) is 1.78. The van der Waals surface area contributed by atoms with Crippen molar-refractivity contribution in [2.24, 2.45) is 11.3 Å². The first-order chi connectivity index (χ1) is 21.3. The van der Waals surface area contributed by atoms with E-state index in [0.29, 0.717) is 25.1 Å². The lowest BCUT2D eigenvalue weighted by Crippen LogP contribution is -2.46. The van der Waals surface area contributed by atoms with E-state index in [2.05, 4.69) is 59.4 Å². The summed E-state index contributed by atoms with van der Waals surface area (Å²) in [5, 5.41) is 1.52. The van der Waals surface area contributed by atoms with E-state index in [-0.39, 0.29) is 23.3 Å². The third-order valence-corrected chi connectivity index (χ3v) is 8.25. The summed E-state index contributed by atoms with van der Waals surface area (Å²) in [4.78, 5) is 30.6. The largest absolute Gasteiger partial charge is 0.397 e. The molecule has 4 N–H and O–H groups in total. The molecule has 0 saturated carbocycles. The number of carbonyl (C=O) groups is 2. The topological polar surface area (TPSA) is 95.9 Å². The minimum absolute atomic E-state index is 0.0774. The number of nitrogen functional groups attached to an aromatic ring is 1. The Balaban J connectivity index is 0.000000385. The van der Waals surface area contributed by atoms with E-state index in [0.717, 1.165) is 42.6 Å². The molecule has 0 bridgehead atoms. The average molecular weight is 612 g/mol. The molecule has 1 heterocycles. The number of benzene rings is 3. The van der Waals surface area contributed by atoms with Gasteiger partial charge in [-0.15, -0.1) is 0 Å². The maximum Gasteiger partial charge on any atom is 0.258 e. The van der Waals surface area contributed by atoms with Crippen LogP contribution in [0.4, 0.5) is 11.4 Å². The SMILES string of the molecule is C=CN(CC1c2c(CCC)cccc2CCN1C(=O)CC(C)(C)C)C(=O)c1ccccc1C.CCc1ccc(N(C)N)c(N)c1. The van der Waals surface area contributed by atoms with E-state index >= 15 is 0 Å². The highest BCUT2D eigenvalue weighted by Gasteiger charge is 2.35. The maximum absolute atomic E-state index is 13.5. The molecule has 1 aliphatic rings. The van der Waals surface area contributed by atoms with E-state index in [1.165, 1.54) is 27.3 Å². The van der Waals surface area contributed by atoms with Crippen LogP contribution in [0.3, 0.4) is 0 Å². The van der Waals surface area contributed by atoms with Crippen LogP contribution in [0, 0.1) is 12.3 Å². The molecular formula is C38H53N5O2. The van der Waals surface area contributed by atoms with Crippen molar-refractivity contribution >= 4 is 23.2 Å². The molecule has 7 nitrogen and oxygen atoms in total. The first-order valence-corrected chi connectivity index (χ1v) is 16.1. The van der Waals surface area contributed by atoms with Gasteiger partial charge in [-0.1, -0.05) is 90.1 Å². The van der Waals surface area contributed by atoms with Crippen LogP contribution in [0.25, 0.3) is 0 Å². The monoisotopic (exact) mass is 611 g/mol. The molecule has 0 fully saturated rings. The molecule has 45 heavy (non-hydrogen) atoms. The molecule has 242 valence electrons. The Kier molecular flexibility index (Phi) is 12.4. The van der Waals surface area contributed by atoms with Gasteiger partial charge in [0.05, 0.1) is 24.0 Å². The second-order valence-corrected chi connectivity index (χ2v) is 13.1. The Bertz CT molecular complexity index is 1470. The zero-order valence-corrected chi connectivity index (χ0v) is 28.4. The van der Waals surface area contributed by atoms with E-state index in [1.54, 1.807) is 18.1 Å². The molecule has 0 aliphatic carbocycles. The van der Waals surface area contributed by atoms with E-state index < -0.39 is 0 Å². The van der Waals surface area contributed by atoms with Crippen molar-refractivity contribution in [3.05, 3.63) is 107 Å². The first kappa shape index (κ1) is 35.4. The molecule has 0 radical (unpaired) electrons. The van der Waals surface area contributed by atoms with Gasteiger partial charge in [-0.05, 0) is 83.8 Å². The fraction of sp³-hybridized carbons (Fsp3) is 0.421. The van der Waals surface area contributed by atoms with E-state index in [9.17, 15) is 9.59 Å². The molecule has 7 heteroatoms. The lowest BCUT2D eigenvalue weighted by molar-refractivity contribution is -0.136. The molecule has 0 spiro atoms. The summed E-state index contributed by atoms with van der Waals surface area (Å²) in [6.07, 6.45) is 5.93. The van der Waals surface area contributed by atoms with Crippen LogP contribution in [0.15, 0.2) is 73.4 Å². The molecule has 0 saturated heterocycles. The highest BCUT2D eigenvalue weighted by atomic mass is 16.2. The number of nitrogens with zero attached hydrogens (tertiary/aromatic N) is 3. The Morgan fingerprint density at radius 2 is 1.78 bits per heavy atom. The molecule has 4 rings (SSSR count). The van der Waals surface area contributed by atoms with Crippen molar-refractivity contribution in [2.75, 3.05) is 30.9 Å².